The number of rotatable bonds is 5. The van der Waals surface area contributed by atoms with Crippen LogP contribution in [0.25, 0.3) is 28.1 Å². The highest BCUT2D eigenvalue weighted by Gasteiger charge is 2.34. The van der Waals surface area contributed by atoms with Crippen molar-refractivity contribution in [2.24, 2.45) is 0 Å². The molecule has 0 fully saturated rings. The molecule has 0 aliphatic carbocycles. The van der Waals surface area contributed by atoms with Gasteiger partial charge >= 0.3 is 6.18 Å². The molecule has 3 aromatic heterocycles. The van der Waals surface area contributed by atoms with Crippen LogP contribution < -0.4 is 0 Å². The van der Waals surface area contributed by atoms with Gasteiger partial charge in [-0.1, -0.05) is 50.2 Å². The van der Waals surface area contributed by atoms with E-state index >= 15 is 0 Å². The smallest absolute Gasteiger partial charge is 0.243 e. The van der Waals surface area contributed by atoms with Crippen LogP contribution in [0.3, 0.4) is 0 Å². The molecule has 3 heterocycles. The average molecular weight is 477 g/mol. The van der Waals surface area contributed by atoms with Crippen molar-refractivity contribution in [2.75, 3.05) is 0 Å². The number of alkyl halides is 3. The monoisotopic (exact) mass is 476 g/mol. The summed E-state index contributed by atoms with van der Waals surface area (Å²) in [6.45, 7) is 6.33. The molecular formula is C26H23F3N6. The van der Waals surface area contributed by atoms with Crippen LogP contribution in [0.4, 0.5) is 13.2 Å². The normalized spacial score (nSPS) is 12.1. The molecule has 5 aromatic rings. The summed E-state index contributed by atoms with van der Waals surface area (Å²) < 4.78 is 42.1. The second-order valence-corrected chi connectivity index (χ2v) is 8.76. The lowest BCUT2D eigenvalue weighted by atomic mass is 9.97. The van der Waals surface area contributed by atoms with Gasteiger partial charge in [0.25, 0.3) is 0 Å². The van der Waals surface area contributed by atoms with Gasteiger partial charge in [-0.3, -0.25) is 0 Å². The van der Waals surface area contributed by atoms with Crippen molar-refractivity contribution in [3.05, 3.63) is 89.5 Å². The number of hydrogen-bond donors (Lipinski definition) is 0. The molecule has 0 amide bonds. The van der Waals surface area contributed by atoms with Crippen LogP contribution in [0.1, 0.15) is 42.3 Å². The first-order valence-electron chi connectivity index (χ1n) is 11.2. The van der Waals surface area contributed by atoms with E-state index in [1.807, 2.05) is 30.3 Å². The van der Waals surface area contributed by atoms with Crippen molar-refractivity contribution < 1.29 is 13.2 Å². The summed E-state index contributed by atoms with van der Waals surface area (Å²) in [6, 6.07) is 16.4. The van der Waals surface area contributed by atoms with E-state index in [1.165, 1.54) is 10.2 Å². The zero-order valence-corrected chi connectivity index (χ0v) is 19.5. The number of aromatic nitrogens is 6. The second-order valence-electron chi connectivity index (χ2n) is 8.76. The van der Waals surface area contributed by atoms with Gasteiger partial charge in [-0.05, 0) is 42.2 Å². The Morgan fingerprint density at radius 1 is 0.971 bits per heavy atom. The van der Waals surface area contributed by atoms with Crippen molar-refractivity contribution in [3.8, 4) is 17.1 Å². The fourth-order valence-corrected chi connectivity index (χ4v) is 4.11. The van der Waals surface area contributed by atoms with E-state index in [4.69, 9.17) is 4.98 Å². The maximum Gasteiger partial charge on any atom is 0.435 e. The number of aryl methyl sites for hydroxylation is 1. The third-order valence-electron chi connectivity index (χ3n) is 5.89. The minimum Gasteiger partial charge on any atom is -0.243 e. The van der Waals surface area contributed by atoms with Crippen LogP contribution in [0.2, 0.25) is 0 Å². The first-order valence-corrected chi connectivity index (χ1v) is 11.2. The minimum absolute atomic E-state index is 0.333. The lowest BCUT2D eigenvalue weighted by molar-refractivity contribution is -0.141. The maximum absolute atomic E-state index is 13.0. The second kappa shape index (κ2) is 8.65. The van der Waals surface area contributed by atoms with Crippen LogP contribution in [-0.4, -0.2) is 29.5 Å². The van der Waals surface area contributed by atoms with Gasteiger partial charge < -0.3 is 0 Å². The predicted molar refractivity (Wildman–Crippen MR) is 127 cm³/mol. The van der Waals surface area contributed by atoms with Gasteiger partial charge in [-0.2, -0.15) is 23.4 Å². The number of hydrogen-bond acceptors (Lipinski definition) is 4. The molecule has 0 saturated carbocycles. The van der Waals surface area contributed by atoms with Gasteiger partial charge in [-0.15, -0.1) is 0 Å². The molecule has 0 N–H and O–H groups in total. The van der Waals surface area contributed by atoms with Crippen LogP contribution in [-0.2, 0) is 12.7 Å². The van der Waals surface area contributed by atoms with E-state index in [0.717, 1.165) is 28.2 Å². The SMILES string of the molecule is Cc1cc(C(F)(F)F)nn1-c1ccc(Cn2ncc3cnc(-c4ccccc4C(C)C)nc32)cc1. The maximum atomic E-state index is 13.0. The summed E-state index contributed by atoms with van der Waals surface area (Å²) in [7, 11) is 0. The Kier molecular flexibility index (Phi) is 5.62. The van der Waals surface area contributed by atoms with Crippen molar-refractivity contribution >= 4 is 11.0 Å². The fraction of sp³-hybridized carbons (Fsp3) is 0.231. The first-order chi connectivity index (χ1) is 16.7. The number of nitrogens with zero attached hydrogens (tertiary/aromatic N) is 6. The van der Waals surface area contributed by atoms with Gasteiger partial charge in [0.2, 0.25) is 0 Å². The molecule has 35 heavy (non-hydrogen) atoms. The Morgan fingerprint density at radius 3 is 2.40 bits per heavy atom. The molecule has 0 aliphatic rings. The molecule has 0 spiro atoms. The molecule has 0 saturated heterocycles. The molecule has 2 aromatic carbocycles. The summed E-state index contributed by atoms with van der Waals surface area (Å²) >= 11 is 0. The van der Waals surface area contributed by atoms with Crippen molar-refractivity contribution in [3.63, 3.8) is 0 Å². The zero-order valence-electron chi connectivity index (χ0n) is 19.5. The predicted octanol–water partition coefficient (Wildman–Crippen LogP) is 6.18. The van der Waals surface area contributed by atoms with Crippen molar-refractivity contribution in [2.45, 2.75) is 39.4 Å². The molecule has 0 atom stereocenters. The van der Waals surface area contributed by atoms with E-state index in [0.29, 0.717) is 29.7 Å². The number of halogens is 3. The Morgan fingerprint density at radius 2 is 1.71 bits per heavy atom. The van der Waals surface area contributed by atoms with E-state index in [1.54, 1.807) is 36.1 Å². The molecular weight excluding hydrogens is 453 g/mol. The molecule has 0 radical (unpaired) electrons. The van der Waals surface area contributed by atoms with E-state index in [9.17, 15) is 13.2 Å². The highest BCUT2D eigenvalue weighted by Crippen LogP contribution is 2.30. The fourth-order valence-electron chi connectivity index (χ4n) is 4.11. The number of benzene rings is 2. The molecule has 0 unspecified atom stereocenters. The third kappa shape index (κ3) is 4.41. The van der Waals surface area contributed by atoms with Crippen LogP contribution in [0, 0.1) is 6.92 Å². The summed E-state index contributed by atoms with van der Waals surface area (Å²) in [5, 5.41) is 9.02. The minimum atomic E-state index is -4.48. The number of fused-ring (bicyclic) bond motifs is 1. The summed E-state index contributed by atoms with van der Waals surface area (Å²) in [5.74, 6) is 0.980. The Labute approximate surface area is 200 Å². The standard InChI is InChI=1S/C26H23F3N6/c1-16(2)21-6-4-5-7-22(21)24-30-13-19-14-31-34(25(19)32-24)15-18-8-10-20(11-9-18)35-17(3)12-23(33-35)26(27,28)29/h4-14,16H,15H2,1-3H3. The van der Waals surface area contributed by atoms with Gasteiger partial charge in [0.1, 0.15) is 0 Å². The van der Waals surface area contributed by atoms with Crippen LogP contribution in [0.15, 0.2) is 67.0 Å². The first kappa shape index (κ1) is 22.8. The summed E-state index contributed by atoms with van der Waals surface area (Å²) in [6.07, 6.45) is -0.971. The van der Waals surface area contributed by atoms with E-state index < -0.39 is 11.9 Å². The largest absolute Gasteiger partial charge is 0.435 e. The molecule has 5 rings (SSSR count). The summed E-state index contributed by atoms with van der Waals surface area (Å²) in [5.41, 5.74) is 3.88. The quantitative estimate of drug-likeness (QED) is 0.304. The molecule has 0 aliphatic heterocycles. The Bertz CT molecular complexity index is 1500. The highest BCUT2D eigenvalue weighted by molar-refractivity contribution is 5.76. The zero-order chi connectivity index (χ0) is 24.7. The van der Waals surface area contributed by atoms with Gasteiger partial charge in [0.15, 0.2) is 17.2 Å². The molecule has 9 heteroatoms. The van der Waals surface area contributed by atoms with Gasteiger partial charge in [0.05, 0.1) is 23.8 Å². The highest BCUT2D eigenvalue weighted by atomic mass is 19.4. The lowest BCUT2D eigenvalue weighted by Gasteiger charge is -2.12. The van der Waals surface area contributed by atoms with Gasteiger partial charge in [-0.25, -0.2) is 19.3 Å². The average Bonchev–Trinajstić information content (AvgIpc) is 3.43. The van der Waals surface area contributed by atoms with Crippen LogP contribution in [0.5, 0.6) is 0 Å². The van der Waals surface area contributed by atoms with Crippen molar-refractivity contribution in [1.29, 1.82) is 0 Å². The Hall–Kier alpha value is -4.01. The van der Waals surface area contributed by atoms with Crippen molar-refractivity contribution in [1.82, 2.24) is 29.5 Å². The van der Waals surface area contributed by atoms with E-state index in [2.05, 4.69) is 35.1 Å². The van der Waals surface area contributed by atoms with E-state index in [-0.39, 0.29) is 0 Å². The summed E-state index contributed by atoms with van der Waals surface area (Å²) in [4.78, 5) is 9.37. The Balaban J connectivity index is 1.44. The topological polar surface area (TPSA) is 61.4 Å². The lowest BCUT2D eigenvalue weighted by Crippen LogP contribution is -2.07. The molecule has 178 valence electrons. The van der Waals surface area contributed by atoms with Crippen LogP contribution >= 0.6 is 0 Å². The van der Waals surface area contributed by atoms with Gasteiger partial charge in [0, 0.05) is 17.5 Å². The molecule has 0 bridgehead atoms. The third-order valence-corrected chi connectivity index (χ3v) is 5.89. The molecule has 6 nitrogen and oxygen atoms in total.